The van der Waals surface area contributed by atoms with E-state index in [0.29, 0.717) is 0 Å². The van der Waals surface area contributed by atoms with Gasteiger partial charge in [0.15, 0.2) is 0 Å². The van der Waals surface area contributed by atoms with Crippen LogP contribution in [0.3, 0.4) is 0 Å². The molecular formula is C23H24N2O5. The van der Waals surface area contributed by atoms with Crippen LogP contribution in [0.25, 0.3) is 0 Å². The van der Waals surface area contributed by atoms with Crippen molar-refractivity contribution in [3.05, 3.63) is 83.1 Å². The van der Waals surface area contributed by atoms with Gasteiger partial charge >= 0.3 is 18.0 Å². The summed E-state index contributed by atoms with van der Waals surface area (Å²) in [6.07, 6.45) is 0.127. The van der Waals surface area contributed by atoms with E-state index < -0.39 is 18.0 Å². The van der Waals surface area contributed by atoms with Crippen LogP contribution < -0.4 is 10.6 Å². The van der Waals surface area contributed by atoms with Crippen molar-refractivity contribution in [3.63, 3.8) is 0 Å². The van der Waals surface area contributed by atoms with E-state index in [0.717, 1.165) is 11.1 Å². The third-order valence-electron chi connectivity index (χ3n) is 4.73. The number of hydrogen-bond acceptors (Lipinski definition) is 5. The smallest absolute Gasteiger partial charge is 0.337 e. The predicted octanol–water partition coefficient (Wildman–Crippen LogP) is 2.88. The monoisotopic (exact) mass is 408 g/mol. The van der Waals surface area contributed by atoms with Crippen LogP contribution in [0.2, 0.25) is 0 Å². The Balaban J connectivity index is 1.72. The van der Waals surface area contributed by atoms with Gasteiger partial charge in [-0.1, -0.05) is 60.7 Å². The Kier molecular flexibility index (Phi) is 7.21. The van der Waals surface area contributed by atoms with Crippen LogP contribution in [0.15, 0.2) is 71.9 Å². The predicted molar refractivity (Wildman–Crippen MR) is 110 cm³/mol. The summed E-state index contributed by atoms with van der Waals surface area (Å²) in [5.41, 5.74) is 2.48. The molecule has 1 aliphatic heterocycles. The Morgan fingerprint density at radius 1 is 0.967 bits per heavy atom. The second kappa shape index (κ2) is 10.2. The average Bonchev–Trinajstić information content (AvgIpc) is 2.77. The van der Waals surface area contributed by atoms with Crippen molar-refractivity contribution in [2.75, 3.05) is 19.8 Å². The van der Waals surface area contributed by atoms with E-state index in [1.165, 1.54) is 0 Å². The Morgan fingerprint density at radius 3 is 2.13 bits per heavy atom. The highest BCUT2D eigenvalue weighted by Crippen LogP contribution is 2.28. The number of esters is 2. The molecule has 2 aromatic rings. The Morgan fingerprint density at radius 2 is 1.57 bits per heavy atom. The third-order valence-corrected chi connectivity index (χ3v) is 4.73. The van der Waals surface area contributed by atoms with Gasteiger partial charge in [-0.2, -0.15) is 0 Å². The fraction of sp³-hybridized carbons (Fsp3) is 0.261. The lowest BCUT2D eigenvalue weighted by Gasteiger charge is -2.22. The van der Waals surface area contributed by atoms with Crippen LogP contribution >= 0.6 is 0 Å². The number of carbonyl (C=O) groups excluding carboxylic acids is 3. The summed E-state index contributed by atoms with van der Waals surface area (Å²) in [5, 5.41) is 5.04. The number of rotatable bonds is 8. The quantitative estimate of drug-likeness (QED) is 0.655. The molecule has 156 valence electrons. The number of urea groups is 1. The maximum Gasteiger partial charge on any atom is 0.337 e. The molecule has 0 bridgehead atoms. The minimum Gasteiger partial charge on any atom is -0.463 e. The van der Waals surface area contributed by atoms with Crippen LogP contribution in [-0.2, 0) is 19.1 Å². The van der Waals surface area contributed by atoms with Crippen molar-refractivity contribution in [3.8, 4) is 0 Å². The van der Waals surface area contributed by atoms with E-state index in [1.807, 2.05) is 60.7 Å². The molecule has 7 heteroatoms. The van der Waals surface area contributed by atoms with Gasteiger partial charge in [-0.15, -0.1) is 0 Å². The van der Waals surface area contributed by atoms with Gasteiger partial charge in [-0.05, 0) is 18.1 Å². The van der Waals surface area contributed by atoms with E-state index in [-0.39, 0.29) is 43.4 Å². The maximum atomic E-state index is 12.6. The van der Waals surface area contributed by atoms with Crippen molar-refractivity contribution in [1.82, 2.24) is 10.6 Å². The van der Waals surface area contributed by atoms with Gasteiger partial charge in [0.1, 0.15) is 6.61 Å². The average molecular weight is 408 g/mol. The summed E-state index contributed by atoms with van der Waals surface area (Å²) in [5.74, 6) is -1.15. The van der Waals surface area contributed by atoms with Crippen molar-refractivity contribution in [1.29, 1.82) is 0 Å². The zero-order chi connectivity index (χ0) is 21.3. The normalized spacial score (nSPS) is 13.5. The zero-order valence-electron chi connectivity index (χ0n) is 16.7. The summed E-state index contributed by atoms with van der Waals surface area (Å²) < 4.78 is 10.4. The topological polar surface area (TPSA) is 93.7 Å². The second-order valence-corrected chi connectivity index (χ2v) is 6.72. The first kappa shape index (κ1) is 21.1. The molecule has 0 spiro atoms. The number of benzene rings is 2. The van der Waals surface area contributed by atoms with Gasteiger partial charge < -0.3 is 20.1 Å². The molecule has 0 aromatic heterocycles. The first-order chi connectivity index (χ1) is 14.6. The molecule has 0 saturated carbocycles. The van der Waals surface area contributed by atoms with Crippen molar-refractivity contribution < 1.29 is 23.9 Å². The molecule has 0 saturated heterocycles. The molecule has 1 aliphatic rings. The largest absolute Gasteiger partial charge is 0.463 e. The number of nitrogens with one attached hydrogen (secondary N) is 2. The van der Waals surface area contributed by atoms with Gasteiger partial charge in [0, 0.05) is 5.92 Å². The number of ether oxygens (including phenoxy) is 2. The molecule has 7 nitrogen and oxygen atoms in total. The summed E-state index contributed by atoms with van der Waals surface area (Å²) in [6, 6.07) is 19.0. The first-order valence-electron chi connectivity index (χ1n) is 9.78. The second-order valence-electron chi connectivity index (χ2n) is 6.72. The fourth-order valence-electron chi connectivity index (χ4n) is 3.25. The van der Waals surface area contributed by atoms with E-state index in [2.05, 4.69) is 10.6 Å². The summed E-state index contributed by atoms with van der Waals surface area (Å²) in [7, 11) is 0. The van der Waals surface area contributed by atoms with Gasteiger partial charge in [0.2, 0.25) is 0 Å². The van der Waals surface area contributed by atoms with E-state index >= 15 is 0 Å². The summed E-state index contributed by atoms with van der Waals surface area (Å²) in [4.78, 5) is 36.4. The molecule has 2 aromatic carbocycles. The lowest BCUT2D eigenvalue weighted by atomic mass is 9.89. The van der Waals surface area contributed by atoms with Gasteiger partial charge in [-0.3, -0.25) is 4.79 Å². The molecule has 0 radical (unpaired) electrons. The Labute approximate surface area is 175 Å². The highest BCUT2D eigenvalue weighted by Gasteiger charge is 2.25. The fourth-order valence-corrected chi connectivity index (χ4v) is 3.25. The molecule has 2 amide bonds. The third kappa shape index (κ3) is 5.47. The lowest BCUT2D eigenvalue weighted by Crippen LogP contribution is -2.45. The van der Waals surface area contributed by atoms with Crippen molar-refractivity contribution in [2.45, 2.75) is 19.3 Å². The van der Waals surface area contributed by atoms with Gasteiger partial charge in [0.05, 0.1) is 30.8 Å². The molecule has 0 aliphatic carbocycles. The van der Waals surface area contributed by atoms with E-state index in [1.54, 1.807) is 6.92 Å². The molecule has 2 N–H and O–H groups in total. The molecule has 0 atom stereocenters. The standard InChI is InChI=1S/C23H24N2O5/c1-2-29-22(27)19-14-24-23(28)25-20(19)15-30-21(26)13-18(16-9-5-3-6-10-16)17-11-7-4-8-12-17/h3-12,18H,2,13-15H2,1H3,(H2,24,25,28). The molecular weight excluding hydrogens is 384 g/mol. The van der Waals surface area contributed by atoms with Gasteiger partial charge in [-0.25, -0.2) is 9.59 Å². The van der Waals surface area contributed by atoms with Gasteiger partial charge in [0.25, 0.3) is 0 Å². The number of hydrogen-bond donors (Lipinski definition) is 2. The molecule has 1 heterocycles. The van der Waals surface area contributed by atoms with Crippen molar-refractivity contribution >= 4 is 18.0 Å². The van der Waals surface area contributed by atoms with Crippen molar-refractivity contribution in [2.24, 2.45) is 0 Å². The minimum atomic E-state index is -0.553. The first-order valence-corrected chi connectivity index (χ1v) is 9.78. The number of carbonyl (C=O) groups is 3. The SMILES string of the molecule is CCOC(=O)C1=C(COC(=O)CC(c2ccccc2)c2ccccc2)NC(=O)NC1. The van der Waals surface area contributed by atoms with E-state index in [4.69, 9.17) is 9.47 Å². The summed E-state index contributed by atoms with van der Waals surface area (Å²) in [6.45, 7) is 1.71. The highest BCUT2D eigenvalue weighted by atomic mass is 16.5. The van der Waals surface area contributed by atoms with Crippen LogP contribution in [-0.4, -0.2) is 37.7 Å². The van der Waals surface area contributed by atoms with Crippen LogP contribution in [0.4, 0.5) is 4.79 Å². The van der Waals surface area contributed by atoms with Crippen LogP contribution in [0, 0.1) is 0 Å². The molecule has 0 fully saturated rings. The number of amides is 2. The molecule has 30 heavy (non-hydrogen) atoms. The Bertz CT molecular complexity index is 886. The zero-order valence-corrected chi connectivity index (χ0v) is 16.7. The highest BCUT2D eigenvalue weighted by molar-refractivity contribution is 5.93. The molecule has 0 unspecified atom stereocenters. The molecule has 3 rings (SSSR count). The maximum absolute atomic E-state index is 12.6. The van der Waals surface area contributed by atoms with E-state index in [9.17, 15) is 14.4 Å². The summed E-state index contributed by atoms with van der Waals surface area (Å²) >= 11 is 0. The minimum absolute atomic E-state index is 0.0220. The lowest BCUT2D eigenvalue weighted by molar-refractivity contribution is -0.143. The van der Waals surface area contributed by atoms with Crippen LogP contribution in [0.1, 0.15) is 30.4 Å². The Hall–Kier alpha value is -3.61. The van der Waals surface area contributed by atoms with Crippen LogP contribution in [0.5, 0.6) is 0 Å².